The minimum Gasteiger partial charge on any atom is -0.454 e. The van der Waals surface area contributed by atoms with Crippen LogP contribution in [0.2, 0.25) is 0 Å². The van der Waals surface area contributed by atoms with Crippen LogP contribution in [-0.4, -0.2) is 47.8 Å². The van der Waals surface area contributed by atoms with E-state index in [-0.39, 0.29) is 23.7 Å². The molecule has 1 aromatic heterocycles. The van der Waals surface area contributed by atoms with Gasteiger partial charge in [-0.25, -0.2) is 9.97 Å². The first kappa shape index (κ1) is 18.1. The molecule has 0 spiro atoms. The van der Waals surface area contributed by atoms with Crippen molar-refractivity contribution in [3.63, 3.8) is 0 Å². The third-order valence-corrected chi connectivity index (χ3v) is 5.51. The van der Waals surface area contributed by atoms with Crippen LogP contribution in [0, 0.1) is 0 Å². The molecule has 2 aromatic rings. The third-order valence-electron chi connectivity index (χ3n) is 5.51. The minimum atomic E-state index is -4.63. The lowest BCUT2D eigenvalue weighted by Gasteiger charge is -2.36. The second kappa shape index (κ2) is 6.40. The fourth-order valence-electron chi connectivity index (χ4n) is 3.84. The number of hydrogen-bond acceptors (Lipinski definition) is 6. The number of nitrogens with one attached hydrogen (secondary N) is 1. The number of fused-ring (bicyclic) bond motifs is 2. The Hall–Kier alpha value is -2.29. The highest BCUT2D eigenvalue weighted by molar-refractivity contribution is 5.92. The smallest absolute Gasteiger partial charge is 0.451 e. The quantitative estimate of drug-likeness (QED) is 0.871. The maximum Gasteiger partial charge on any atom is 0.451 e. The first-order chi connectivity index (χ1) is 12.8. The summed E-state index contributed by atoms with van der Waals surface area (Å²) in [5.74, 6) is -0.127. The van der Waals surface area contributed by atoms with Crippen molar-refractivity contribution in [3.05, 3.63) is 18.0 Å². The molecule has 0 bridgehead atoms. The number of benzene rings is 1. The van der Waals surface area contributed by atoms with E-state index in [4.69, 9.17) is 9.47 Å². The van der Waals surface area contributed by atoms with Gasteiger partial charge in [-0.05, 0) is 33.0 Å². The zero-order valence-electron chi connectivity index (χ0n) is 15.2. The molecule has 9 heteroatoms. The Balaban J connectivity index is 1.75. The van der Waals surface area contributed by atoms with Crippen molar-refractivity contribution < 1.29 is 22.6 Å². The molecule has 1 aliphatic heterocycles. The van der Waals surface area contributed by atoms with Gasteiger partial charge in [0.2, 0.25) is 12.6 Å². The number of aromatic nitrogens is 2. The summed E-state index contributed by atoms with van der Waals surface area (Å²) in [6, 6.07) is 3.11. The molecule has 2 heterocycles. The molecule has 146 valence electrons. The van der Waals surface area contributed by atoms with Gasteiger partial charge in [-0.3, -0.25) is 0 Å². The van der Waals surface area contributed by atoms with Crippen LogP contribution in [0.5, 0.6) is 11.5 Å². The maximum atomic E-state index is 13.3. The minimum absolute atomic E-state index is 0.0394. The van der Waals surface area contributed by atoms with E-state index in [0.29, 0.717) is 23.4 Å². The summed E-state index contributed by atoms with van der Waals surface area (Å²) in [5, 5.41) is 3.65. The van der Waals surface area contributed by atoms with Gasteiger partial charge in [-0.15, -0.1) is 0 Å². The third kappa shape index (κ3) is 3.24. The van der Waals surface area contributed by atoms with Crippen molar-refractivity contribution in [2.45, 2.75) is 37.4 Å². The number of likely N-dealkylation sites (N-methyl/N-ethyl adjacent to an activating group) is 1. The average Bonchev–Trinajstić information content (AvgIpc) is 3.26. The monoisotopic (exact) mass is 382 g/mol. The number of halogens is 3. The highest BCUT2D eigenvalue weighted by Gasteiger charge is 2.38. The number of alkyl halides is 3. The first-order valence-electron chi connectivity index (χ1n) is 8.88. The average molecular weight is 382 g/mol. The van der Waals surface area contributed by atoms with E-state index in [0.717, 1.165) is 25.7 Å². The Morgan fingerprint density at radius 3 is 2.41 bits per heavy atom. The second-order valence-corrected chi connectivity index (χ2v) is 7.30. The molecule has 1 N–H and O–H groups in total. The number of hydrogen-bond donors (Lipinski definition) is 1. The lowest BCUT2D eigenvalue weighted by molar-refractivity contribution is -0.144. The summed E-state index contributed by atoms with van der Waals surface area (Å²) in [6.45, 7) is 0.551. The van der Waals surface area contributed by atoms with Crippen molar-refractivity contribution in [2.24, 2.45) is 0 Å². The van der Waals surface area contributed by atoms with Crippen molar-refractivity contribution in [1.82, 2.24) is 14.9 Å². The molecule has 1 fully saturated rings. The van der Waals surface area contributed by atoms with Gasteiger partial charge in [-0.2, -0.15) is 13.2 Å². The van der Waals surface area contributed by atoms with Gasteiger partial charge in [0.05, 0.1) is 5.52 Å². The standard InChI is InChI=1S/C18H21F3N4O2/c1-25(2)17(5-3-4-6-17)9-22-15-11-7-13-14(27-10-26-13)8-12(11)23-16(24-15)18(19,20)21/h7-8H,3-6,9-10H2,1-2H3,(H,22,23,24). The largest absolute Gasteiger partial charge is 0.454 e. The predicted molar refractivity (Wildman–Crippen MR) is 94.0 cm³/mol. The van der Waals surface area contributed by atoms with Crippen LogP contribution in [0.25, 0.3) is 10.9 Å². The van der Waals surface area contributed by atoms with Crippen LogP contribution in [0.4, 0.5) is 19.0 Å². The fourth-order valence-corrected chi connectivity index (χ4v) is 3.84. The van der Waals surface area contributed by atoms with Crippen molar-refractivity contribution >= 4 is 16.7 Å². The molecule has 4 rings (SSSR count). The zero-order chi connectivity index (χ0) is 19.2. The molecular weight excluding hydrogens is 361 g/mol. The van der Waals surface area contributed by atoms with E-state index in [9.17, 15) is 13.2 Å². The van der Waals surface area contributed by atoms with Crippen LogP contribution in [-0.2, 0) is 6.18 Å². The Kier molecular flexibility index (Phi) is 4.29. The molecule has 0 amide bonds. The molecule has 27 heavy (non-hydrogen) atoms. The van der Waals surface area contributed by atoms with E-state index < -0.39 is 12.0 Å². The molecule has 1 aromatic carbocycles. The Morgan fingerprint density at radius 2 is 1.78 bits per heavy atom. The zero-order valence-corrected chi connectivity index (χ0v) is 15.2. The fraction of sp³-hybridized carbons (Fsp3) is 0.556. The number of ether oxygens (including phenoxy) is 2. The molecule has 1 aliphatic carbocycles. The van der Waals surface area contributed by atoms with E-state index in [1.54, 1.807) is 6.07 Å². The lowest BCUT2D eigenvalue weighted by Crippen LogP contribution is -2.47. The molecule has 0 radical (unpaired) electrons. The Labute approximate surface area is 154 Å². The Bertz CT molecular complexity index is 864. The Morgan fingerprint density at radius 1 is 1.11 bits per heavy atom. The molecule has 1 saturated carbocycles. The van der Waals surface area contributed by atoms with E-state index >= 15 is 0 Å². The van der Waals surface area contributed by atoms with Gasteiger partial charge in [-0.1, -0.05) is 12.8 Å². The van der Waals surface area contributed by atoms with Crippen LogP contribution >= 0.6 is 0 Å². The van der Waals surface area contributed by atoms with Gasteiger partial charge in [0.1, 0.15) is 5.82 Å². The van der Waals surface area contributed by atoms with Crippen molar-refractivity contribution in [2.75, 3.05) is 32.7 Å². The second-order valence-electron chi connectivity index (χ2n) is 7.30. The summed E-state index contributed by atoms with van der Waals surface area (Å²) in [4.78, 5) is 9.63. The summed E-state index contributed by atoms with van der Waals surface area (Å²) in [7, 11) is 4.01. The van der Waals surface area contributed by atoms with Gasteiger partial charge in [0.25, 0.3) is 0 Å². The number of nitrogens with zero attached hydrogens (tertiary/aromatic N) is 3. The van der Waals surface area contributed by atoms with E-state index in [2.05, 4.69) is 20.2 Å². The van der Waals surface area contributed by atoms with Gasteiger partial charge < -0.3 is 19.7 Å². The normalized spacial score (nSPS) is 18.4. The topological polar surface area (TPSA) is 59.5 Å². The summed E-state index contributed by atoms with van der Waals surface area (Å²) in [5.41, 5.74) is 0.0841. The molecular formula is C18H21F3N4O2. The summed E-state index contributed by atoms with van der Waals surface area (Å²) in [6.07, 6.45) is -0.426. The van der Waals surface area contributed by atoms with Crippen molar-refractivity contribution in [3.8, 4) is 11.5 Å². The molecule has 6 nitrogen and oxygen atoms in total. The highest BCUT2D eigenvalue weighted by Crippen LogP contribution is 2.40. The van der Waals surface area contributed by atoms with Crippen molar-refractivity contribution in [1.29, 1.82) is 0 Å². The lowest BCUT2D eigenvalue weighted by atomic mass is 9.96. The molecule has 2 aliphatic rings. The number of rotatable bonds is 4. The first-order valence-corrected chi connectivity index (χ1v) is 8.88. The molecule has 0 unspecified atom stereocenters. The van der Waals surface area contributed by atoms with Gasteiger partial charge >= 0.3 is 6.18 Å². The van der Waals surface area contributed by atoms with Gasteiger partial charge in [0.15, 0.2) is 11.5 Å². The predicted octanol–water partition coefficient (Wildman–Crippen LogP) is 3.66. The molecule has 0 saturated heterocycles. The van der Waals surface area contributed by atoms with Crippen LogP contribution < -0.4 is 14.8 Å². The SMILES string of the molecule is CN(C)C1(CNc2nc(C(F)(F)F)nc3cc4c(cc23)OCO4)CCCC1. The highest BCUT2D eigenvalue weighted by atomic mass is 19.4. The van der Waals surface area contributed by atoms with Crippen LogP contribution in [0.1, 0.15) is 31.5 Å². The maximum absolute atomic E-state index is 13.3. The summed E-state index contributed by atoms with van der Waals surface area (Å²) < 4.78 is 50.5. The number of anilines is 1. The van der Waals surface area contributed by atoms with Crippen LogP contribution in [0.3, 0.4) is 0 Å². The summed E-state index contributed by atoms with van der Waals surface area (Å²) >= 11 is 0. The van der Waals surface area contributed by atoms with Crippen LogP contribution in [0.15, 0.2) is 12.1 Å². The van der Waals surface area contributed by atoms with E-state index in [1.165, 1.54) is 6.07 Å². The molecule has 0 atom stereocenters. The van der Waals surface area contributed by atoms with Gasteiger partial charge in [0, 0.05) is 23.5 Å². The van der Waals surface area contributed by atoms with E-state index in [1.807, 2.05) is 14.1 Å².